The standard InChI is InChI=1S/C22H41O3Si3.3CH3.Pt/c1-11-14-20(28(23-4,24-5)25-6)19-15-16-21(26(7,8)17-12-2)22(19)27(9,10)18-13-3;;;;/h12-13,20H,2-3,11,14-15,17-18H2,1,4-10H3;3*1H3;/q4*-1;+4. The Morgan fingerprint density at radius 3 is 1.72 bits per heavy atom. The molecule has 0 saturated heterocycles. The van der Waals surface area contributed by atoms with Crippen LogP contribution in [0.2, 0.25) is 43.8 Å². The molecule has 1 aliphatic rings. The van der Waals surface area contributed by atoms with E-state index in [1.54, 1.807) is 26.5 Å². The molecular weight excluding hydrogens is 628 g/mol. The molecule has 190 valence electrons. The molecule has 1 rings (SSSR count). The topological polar surface area (TPSA) is 27.7 Å². The first-order valence-corrected chi connectivity index (χ1v) is 18.5. The summed E-state index contributed by atoms with van der Waals surface area (Å²) in [6, 6.07) is 2.14. The van der Waals surface area contributed by atoms with Crippen molar-refractivity contribution in [3.63, 3.8) is 0 Å². The van der Waals surface area contributed by atoms with E-state index in [0.717, 1.165) is 31.4 Å². The van der Waals surface area contributed by atoms with Gasteiger partial charge in [0, 0.05) is 34.9 Å². The van der Waals surface area contributed by atoms with E-state index < -0.39 is 25.0 Å². The Bertz CT molecular complexity index is 616. The van der Waals surface area contributed by atoms with Crippen LogP contribution in [0.1, 0.15) is 26.2 Å². The summed E-state index contributed by atoms with van der Waals surface area (Å²) in [7, 11) is -0.977. The van der Waals surface area contributed by atoms with E-state index >= 15 is 0 Å². The summed E-state index contributed by atoms with van der Waals surface area (Å²) in [5, 5.41) is 3.10. The Labute approximate surface area is 219 Å². The SMILES string of the molecule is C=CC[Si](C)(C)C1=[C-]CC(C(CCC)[Si](OC)(OC)OC)=C1[Si](C)(C)CC=C.[CH3-].[CH3-].[CH3-].[Pt+4]. The van der Waals surface area contributed by atoms with E-state index in [0.29, 0.717) is 0 Å². The van der Waals surface area contributed by atoms with Gasteiger partial charge in [0.25, 0.3) is 0 Å². The predicted molar refractivity (Wildman–Crippen MR) is 148 cm³/mol. The van der Waals surface area contributed by atoms with E-state index in [1.807, 2.05) is 0 Å². The molecule has 0 bridgehead atoms. The van der Waals surface area contributed by atoms with Crippen LogP contribution in [0.15, 0.2) is 41.3 Å². The monoisotopic (exact) mass is 677 g/mol. The molecule has 32 heavy (non-hydrogen) atoms. The average molecular weight is 678 g/mol. The van der Waals surface area contributed by atoms with Crippen molar-refractivity contribution in [1.29, 1.82) is 0 Å². The van der Waals surface area contributed by atoms with Crippen LogP contribution in [0, 0.1) is 28.4 Å². The van der Waals surface area contributed by atoms with Gasteiger partial charge in [0.15, 0.2) is 0 Å². The third-order valence-electron chi connectivity index (χ3n) is 5.97. The predicted octanol–water partition coefficient (Wildman–Crippen LogP) is 7.68. The zero-order chi connectivity index (χ0) is 21.6. The molecule has 0 radical (unpaired) electrons. The van der Waals surface area contributed by atoms with Gasteiger partial charge < -0.3 is 35.6 Å². The summed E-state index contributed by atoms with van der Waals surface area (Å²) in [5.74, 6) is 0. The van der Waals surface area contributed by atoms with Crippen molar-refractivity contribution in [2.24, 2.45) is 0 Å². The molecule has 0 aromatic heterocycles. The second-order valence-electron chi connectivity index (χ2n) is 8.94. The average Bonchev–Trinajstić information content (AvgIpc) is 3.09. The van der Waals surface area contributed by atoms with E-state index in [4.69, 9.17) is 13.3 Å². The summed E-state index contributed by atoms with van der Waals surface area (Å²) < 4.78 is 17.9. The Kier molecular flexibility index (Phi) is 20.6. The molecule has 0 amide bonds. The van der Waals surface area contributed by atoms with Crippen LogP contribution in [0.4, 0.5) is 0 Å². The third kappa shape index (κ3) is 8.44. The van der Waals surface area contributed by atoms with Crippen molar-refractivity contribution in [2.45, 2.75) is 70.0 Å². The van der Waals surface area contributed by atoms with E-state index in [1.165, 1.54) is 10.8 Å². The zero-order valence-electron chi connectivity index (χ0n) is 22.7. The quantitative estimate of drug-likeness (QED) is 0.114. The normalized spacial score (nSPS) is 14.8. The number of rotatable bonds is 13. The molecule has 0 N–H and O–H groups in total. The minimum atomic E-state index is -2.80. The fourth-order valence-electron chi connectivity index (χ4n) is 4.62. The number of allylic oxidation sites excluding steroid dienone is 6. The van der Waals surface area contributed by atoms with Crippen LogP contribution in [-0.4, -0.2) is 46.3 Å². The van der Waals surface area contributed by atoms with Crippen LogP contribution in [0.5, 0.6) is 0 Å². The van der Waals surface area contributed by atoms with Crippen molar-refractivity contribution in [3.8, 4) is 0 Å². The minimum Gasteiger partial charge on any atom is -0.377 e. The van der Waals surface area contributed by atoms with Crippen molar-refractivity contribution in [3.05, 3.63) is 69.6 Å². The Morgan fingerprint density at radius 1 is 0.906 bits per heavy atom. The first-order valence-electron chi connectivity index (χ1n) is 10.3. The van der Waals surface area contributed by atoms with E-state index in [-0.39, 0.29) is 48.9 Å². The molecule has 1 unspecified atom stereocenters. The minimum absolute atomic E-state index is 0. The van der Waals surface area contributed by atoms with Gasteiger partial charge in [-0.05, 0) is 20.5 Å². The molecule has 0 saturated carbocycles. The van der Waals surface area contributed by atoms with Crippen molar-refractivity contribution in [2.75, 3.05) is 21.3 Å². The second-order valence-corrected chi connectivity index (χ2v) is 21.4. The molecule has 0 aliphatic heterocycles. The maximum atomic E-state index is 5.97. The molecular formula is C25H50O3PtSi3. The molecule has 7 heteroatoms. The Morgan fingerprint density at radius 2 is 1.34 bits per heavy atom. The molecule has 0 aromatic rings. The van der Waals surface area contributed by atoms with Gasteiger partial charge in [-0.3, -0.25) is 6.08 Å². The molecule has 3 nitrogen and oxygen atoms in total. The van der Waals surface area contributed by atoms with Crippen molar-refractivity contribution < 1.29 is 34.3 Å². The van der Waals surface area contributed by atoms with Crippen molar-refractivity contribution in [1.82, 2.24) is 0 Å². The molecule has 0 heterocycles. The summed E-state index contributed by atoms with van der Waals surface area (Å²) in [6.07, 6.45) is 11.0. The van der Waals surface area contributed by atoms with Gasteiger partial charge in [-0.1, -0.05) is 57.7 Å². The first kappa shape index (κ1) is 39.4. The summed E-state index contributed by atoms with van der Waals surface area (Å²) in [6.45, 7) is 20.1. The van der Waals surface area contributed by atoms with E-state index in [9.17, 15) is 0 Å². The van der Waals surface area contributed by atoms with Crippen LogP contribution in [0.3, 0.4) is 0 Å². The number of hydrogen-bond donors (Lipinski definition) is 0. The molecule has 0 fully saturated rings. The first-order chi connectivity index (χ1) is 13.1. The Balaban J connectivity index is -0.000000980. The fraction of sp³-hybridized carbons (Fsp3) is 0.560. The fourth-order valence-corrected chi connectivity index (χ4v) is 14.6. The van der Waals surface area contributed by atoms with Gasteiger partial charge in [0.1, 0.15) is 0 Å². The smallest absolute Gasteiger partial charge is 0.377 e. The maximum Gasteiger partial charge on any atom is 4.00 e. The molecule has 1 aliphatic carbocycles. The van der Waals surface area contributed by atoms with Crippen LogP contribution >= 0.6 is 0 Å². The molecule has 0 aromatic carbocycles. The van der Waals surface area contributed by atoms with Gasteiger partial charge in [-0.15, -0.1) is 19.6 Å². The molecule has 1 atom stereocenters. The zero-order valence-corrected chi connectivity index (χ0v) is 28.0. The molecule has 0 spiro atoms. The third-order valence-corrected chi connectivity index (χ3v) is 15.7. The van der Waals surface area contributed by atoms with Crippen LogP contribution in [0.25, 0.3) is 0 Å². The summed E-state index contributed by atoms with van der Waals surface area (Å²) >= 11 is 0. The largest absolute Gasteiger partial charge is 4.00 e. The Hall–Kier alpha value is 0.179. The van der Waals surface area contributed by atoms with Gasteiger partial charge in [-0.2, -0.15) is 5.57 Å². The van der Waals surface area contributed by atoms with Gasteiger partial charge >= 0.3 is 29.9 Å². The maximum absolute atomic E-state index is 5.97. The summed E-state index contributed by atoms with van der Waals surface area (Å²) in [5.41, 5.74) is 1.65. The number of hydrogen-bond acceptors (Lipinski definition) is 3. The van der Waals surface area contributed by atoms with Crippen molar-refractivity contribution >= 4 is 25.0 Å². The van der Waals surface area contributed by atoms with E-state index in [2.05, 4.69) is 64.5 Å². The second kappa shape index (κ2) is 16.7. The summed E-state index contributed by atoms with van der Waals surface area (Å²) in [4.78, 5) is 0. The van der Waals surface area contributed by atoms with Gasteiger partial charge in [0.05, 0.1) is 0 Å². The van der Waals surface area contributed by atoms with Gasteiger partial charge in [0.2, 0.25) is 0 Å². The van der Waals surface area contributed by atoms with Crippen LogP contribution in [-0.2, 0) is 34.3 Å². The van der Waals surface area contributed by atoms with Gasteiger partial charge in [-0.25, -0.2) is 10.4 Å². The van der Waals surface area contributed by atoms with Crippen LogP contribution < -0.4 is 0 Å².